The second kappa shape index (κ2) is 7.51. The van der Waals surface area contributed by atoms with Gasteiger partial charge in [0.2, 0.25) is 5.95 Å². The smallest absolute Gasteiger partial charge is 0.229 e. The quantitative estimate of drug-likeness (QED) is 0.636. The largest absolute Gasteiger partial charge is 0.366 e. The summed E-state index contributed by atoms with van der Waals surface area (Å²) in [6.07, 6.45) is 1.69. The first-order valence-electron chi connectivity index (χ1n) is 7.45. The zero-order chi connectivity index (χ0) is 16.9. The second-order valence-corrected chi connectivity index (χ2v) is 6.20. The van der Waals surface area contributed by atoms with Crippen LogP contribution >= 0.6 is 23.2 Å². The van der Waals surface area contributed by atoms with Crippen LogP contribution in [0.2, 0.25) is 10.0 Å². The van der Waals surface area contributed by atoms with Crippen LogP contribution in [-0.2, 0) is 6.54 Å². The summed E-state index contributed by atoms with van der Waals surface area (Å²) in [6.45, 7) is 2.77. The first-order chi connectivity index (χ1) is 11.6. The molecule has 0 amide bonds. The number of hydrogen-bond acceptors (Lipinski definition) is 4. The lowest BCUT2D eigenvalue weighted by Crippen LogP contribution is -2.04. The van der Waals surface area contributed by atoms with E-state index in [0.29, 0.717) is 28.2 Å². The van der Waals surface area contributed by atoms with E-state index in [0.717, 1.165) is 5.82 Å². The zero-order valence-electron chi connectivity index (χ0n) is 13.1. The van der Waals surface area contributed by atoms with Crippen LogP contribution in [0.15, 0.2) is 54.7 Å². The van der Waals surface area contributed by atoms with Gasteiger partial charge in [-0.05, 0) is 36.8 Å². The summed E-state index contributed by atoms with van der Waals surface area (Å²) in [7, 11) is 0. The molecule has 1 aromatic heterocycles. The number of rotatable bonds is 5. The lowest BCUT2D eigenvalue weighted by atomic mass is 10.1. The summed E-state index contributed by atoms with van der Waals surface area (Å²) in [5, 5.41) is 7.49. The van der Waals surface area contributed by atoms with Crippen molar-refractivity contribution in [1.82, 2.24) is 9.97 Å². The lowest BCUT2D eigenvalue weighted by molar-refractivity contribution is 1.08. The van der Waals surface area contributed by atoms with Gasteiger partial charge in [0.1, 0.15) is 5.82 Å². The molecule has 0 radical (unpaired) electrons. The number of nitrogens with one attached hydrogen (secondary N) is 2. The molecule has 6 heteroatoms. The highest BCUT2D eigenvalue weighted by Crippen LogP contribution is 2.27. The maximum Gasteiger partial charge on any atom is 0.229 e. The Morgan fingerprint density at radius 2 is 1.92 bits per heavy atom. The molecule has 3 rings (SSSR count). The average Bonchev–Trinajstić information content (AvgIpc) is 2.56. The van der Waals surface area contributed by atoms with Crippen molar-refractivity contribution in [2.45, 2.75) is 13.5 Å². The van der Waals surface area contributed by atoms with Crippen LogP contribution in [0.5, 0.6) is 0 Å². The molecule has 0 aliphatic carbocycles. The molecule has 0 saturated carbocycles. The van der Waals surface area contributed by atoms with Crippen molar-refractivity contribution in [3.63, 3.8) is 0 Å². The fourth-order valence-electron chi connectivity index (χ4n) is 2.24. The number of aryl methyl sites for hydroxylation is 1. The van der Waals surface area contributed by atoms with Gasteiger partial charge in [-0.25, -0.2) is 4.98 Å². The van der Waals surface area contributed by atoms with Crippen molar-refractivity contribution in [3.8, 4) is 0 Å². The number of benzene rings is 2. The Hall–Kier alpha value is -2.30. The predicted octanol–water partition coefficient (Wildman–Crippen LogP) is 5.45. The lowest BCUT2D eigenvalue weighted by Gasteiger charge is -2.10. The third-order valence-electron chi connectivity index (χ3n) is 3.39. The van der Waals surface area contributed by atoms with Crippen LogP contribution in [0.25, 0.3) is 0 Å². The number of anilines is 3. The molecule has 0 fully saturated rings. The molecule has 0 aliphatic rings. The van der Waals surface area contributed by atoms with Crippen LogP contribution in [0.3, 0.4) is 0 Å². The molecule has 0 aliphatic heterocycles. The van der Waals surface area contributed by atoms with E-state index in [9.17, 15) is 0 Å². The third kappa shape index (κ3) is 4.37. The first-order valence-corrected chi connectivity index (χ1v) is 8.20. The van der Waals surface area contributed by atoms with Crippen molar-refractivity contribution in [2.75, 3.05) is 10.6 Å². The molecule has 3 aromatic rings. The van der Waals surface area contributed by atoms with Crippen molar-refractivity contribution in [1.29, 1.82) is 0 Å². The van der Waals surface area contributed by atoms with Gasteiger partial charge in [0.15, 0.2) is 0 Å². The first kappa shape index (κ1) is 16.6. The molecule has 0 unspecified atom stereocenters. The normalized spacial score (nSPS) is 10.5. The summed E-state index contributed by atoms with van der Waals surface area (Å²) in [6, 6.07) is 15.4. The minimum atomic E-state index is 0.466. The minimum absolute atomic E-state index is 0.466. The van der Waals surface area contributed by atoms with Crippen LogP contribution in [0, 0.1) is 6.92 Å². The van der Waals surface area contributed by atoms with Gasteiger partial charge in [0.05, 0.1) is 10.7 Å². The van der Waals surface area contributed by atoms with Crippen molar-refractivity contribution in [2.24, 2.45) is 0 Å². The summed E-state index contributed by atoms with van der Waals surface area (Å²) in [5.74, 6) is 1.20. The van der Waals surface area contributed by atoms with E-state index in [2.05, 4.69) is 45.7 Å². The van der Waals surface area contributed by atoms with Gasteiger partial charge in [-0.2, -0.15) is 4.98 Å². The van der Waals surface area contributed by atoms with Gasteiger partial charge < -0.3 is 10.6 Å². The third-order valence-corrected chi connectivity index (χ3v) is 3.94. The molecular weight excluding hydrogens is 343 g/mol. The van der Waals surface area contributed by atoms with Crippen LogP contribution < -0.4 is 10.6 Å². The highest BCUT2D eigenvalue weighted by atomic mass is 35.5. The Labute approximate surface area is 150 Å². The maximum atomic E-state index is 6.16. The Morgan fingerprint density at radius 3 is 2.71 bits per heavy atom. The standard InChI is InChI=1S/C18H16Cl2N4/c1-12-3-2-4-13(9-12)11-22-17-7-8-21-18(24-17)23-16-6-5-14(19)10-15(16)20/h2-10H,11H2,1H3,(H2,21,22,23,24). The molecule has 0 bridgehead atoms. The van der Waals surface area contributed by atoms with E-state index >= 15 is 0 Å². The number of hydrogen-bond donors (Lipinski definition) is 2. The Bertz CT molecular complexity index is 852. The van der Waals surface area contributed by atoms with Gasteiger partial charge in [-0.15, -0.1) is 0 Å². The average molecular weight is 359 g/mol. The van der Waals surface area contributed by atoms with Gasteiger partial charge >= 0.3 is 0 Å². The van der Waals surface area contributed by atoms with E-state index in [1.165, 1.54) is 11.1 Å². The summed E-state index contributed by atoms with van der Waals surface area (Å²) in [4.78, 5) is 8.66. The molecular formula is C18H16Cl2N4. The molecule has 24 heavy (non-hydrogen) atoms. The zero-order valence-corrected chi connectivity index (χ0v) is 14.6. The topological polar surface area (TPSA) is 49.8 Å². The summed E-state index contributed by atoms with van der Waals surface area (Å²) < 4.78 is 0. The molecule has 0 spiro atoms. The summed E-state index contributed by atoms with van der Waals surface area (Å²) in [5.41, 5.74) is 3.14. The predicted molar refractivity (Wildman–Crippen MR) is 100 cm³/mol. The second-order valence-electron chi connectivity index (χ2n) is 5.36. The Kier molecular flexibility index (Phi) is 5.18. The molecule has 1 heterocycles. The highest BCUT2D eigenvalue weighted by Gasteiger charge is 2.05. The number of nitrogens with zero attached hydrogens (tertiary/aromatic N) is 2. The molecule has 2 N–H and O–H groups in total. The van der Waals surface area contributed by atoms with E-state index in [4.69, 9.17) is 23.2 Å². The van der Waals surface area contributed by atoms with Crippen molar-refractivity contribution in [3.05, 3.63) is 75.9 Å². The Balaban J connectivity index is 1.69. The fraction of sp³-hybridized carbons (Fsp3) is 0.111. The van der Waals surface area contributed by atoms with E-state index < -0.39 is 0 Å². The maximum absolute atomic E-state index is 6.16. The molecule has 4 nitrogen and oxygen atoms in total. The molecule has 0 saturated heterocycles. The van der Waals surface area contributed by atoms with Gasteiger partial charge in [0.25, 0.3) is 0 Å². The van der Waals surface area contributed by atoms with Crippen LogP contribution in [0.4, 0.5) is 17.5 Å². The number of aromatic nitrogens is 2. The van der Waals surface area contributed by atoms with Crippen LogP contribution in [0.1, 0.15) is 11.1 Å². The molecule has 0 atom stereocenters. The van der Waals surface area contributed by atoms with Crippen molar-refractivity contribution < 1.29 is 0 Å². The van der Waals surface area contributed by atoms with Gasteiger partial charge in [0, 0.05) is 17.8 Å². The van der Waals surface area contributed by atoms with Crippen molar-refractivity contribution >= 4 is 40.7 Å². The van der Waals surface area contributed by atoms with Crippen LogP contribution in [-0.4, -0.2) is 9.97 Å². The molecule has 2 aromatic carbocycles. The van der Waals surface area contributed by atoms with Gasteiger partial charge in [-0.1, -0.05) is 53.0 Å². The van der Waals surface area contributed by atoms with Gasteiger partial charge in [-0.3, -0.25) is 0 Å². The monoisotopic (exact) mass is 358 g/mol. The SMILES string of the molecule is Cc1cccc(CNc2ccnc(Nc3ccc(Cl)cc3Cl)n2)c1. The minimum Gasteiger partial charge on any atom is -0.366 e. The van der Waals surface area contributed by atoms with E-state index in [1.54, 1.807) is 24.4 Å². The number of halogens is 2. The molecule has 122 valence electrons. The Morgan fingerprint density at radius 1 is 1.04 bits per heavy atom. The fourth-order valence-corrected chi connectivity index (χ4v) is 2.70. The summed E-state index contributed by atoms with van der Waals surface area (Å²) >= 11 is 12.1. The van der Waals surface area contributed by atoms with E-state index in [1.807, 2.05) is 12.1 Å². The van der Waals surface area contributed by atoms with E-state index in [-0.39, 0.29) is 0 Å². The highest BCUT2D eigenvalue weighted by molar-refractivity contribution is 6.36.